The molecule has 1 saturated heterocycles. The number of aromatic nitrogens is 4. The summed E-state index contributed by atoms with van der Waals surface area (Å²) in [4.78, 5) is 10.2. The number of likely N-dealkylation sites (tertiary alicyclic amines) is 1. The second kappa shape index (κ2) is 9.61. The Hall–Kier alpha value is -2.40. The lowest BCUT2D eigenvalue weighted by Crippen LogP contribution is -2.37. The Morgan fingerprint density at radius 1 is 1.23 bits per heavy atom. The van der Waals surface area contributed by atoms with Crippen LogP contribution >= 0.6 is 0 Å². The van der Waals surface area contributed by atoms with Crippen molar-refractivity contribution in [2.75, 3.05) is 50.5 Å². The second-order valence-corrected chi connectivity index (χ2v) is 7.26. The predicted octanol–water partition coefficient (Wildman–Crippen LogP) is 3.46. The fourth-order valence-corrected chi connectivity index (χ4v) is 3.59. The van der Waals surface area contributed by atoms with Crippen molar-refractivity contribution in [2.24, 2.45) is 0 Å². The van der Waals surface area contributed by atoms with Gasteiger partial charge in [0.2, 0.25) is 5.95 Å². The number of halogens is 3. The Labute approximate surface area is 173 Å². The third-order valence-corrected chi connectivity index (χ3v) is 5.24. The molecule has 0 aromatic carbocycles. The van der Waals surface area contributed by atoms with E-state index in [1.54, 1.807) is 20.2 Å². The normalized spacial score (nSPS) is 16.1. The number of nitrogens with zero attached hydrogens (tertiary/aromatic N) is 5. The van der Waals surface area contributed by atoms with Crippen LogP contribution < -0.4 is 10.6 Å². The van der Waals surface area contributed by atoms with Gasteiger partial charge in [-0.15, -0.1) is 0 Å². The van der Waals surface area contributed by atoms with Crippen LogP contribution in [0.2, 0.25) is 0 Å². The summed E-state index contributed by atoms with van der Waals surface area (Å²) in [5.74, 6) is -0.146. The molecule has 11 heteroatoms. The highest BCUT2D eigenvalue weighted by atomic mass is 19.4. The van der Waals surface area contributed by atoms with Crippen LogP contribution in [0.15, 0.2) is 12.4 Å². The maximum absolute atomic E-state index is 13.1. The van der Waals surface area contributed by atoms with Gasteiger partial charge in [-0.3, -0.25) is 4.68 Å². The van der Waals surface area contributed by atoms with Gasteiger partial charge in [-0.05, 0) is 26.7 Å². The first-order chi connectivity index (χ1) is 14.3. The molecule has 0 atom stereocenters. The zero-order chi connectivity index (χ0) is 21.7. The minimum atomic E-state index is -4.52. The molecule has 0 bridgehead atoms. The van der Waals surface area contributed by atoms with Crippen LogP contribution in [0.1, 0.15) is 37.1 Å². The molecule has 3 heterocycles. The third-order valence-electron chi connectivity index (χ3n) is 5.24. The maximum atomic E-state index is 13.1. The lowest BCUT2D eigenvalue weighted by molar-refractivity contribution is -0.137. The van der Waals surface area contributed by atoms with Gasteiger partial charge in [0, 0.05) is 39.5 Å². The van der Waals surface area contributed by atoms with Gasteiger partial charge in [0.1, 0.15) is 11.4 Å². The molecule has 8 nitrogen and oxygen atoms in total. The minimum Gasteiger partial charge on any atom is -0.383 e. The van der Waals surface area contributed by atoms with Crippen molar-refractivity contribution in [3.63, 3.8) is 0 Å². The molecule has 1 fully saturated rings. The molecule has 1 aliphatic heterocycles. The van der Waals surface area contributed by atoms with Crippen molar-refractivity contribution in [1.82, 2.24) is 24.6 Å². The van der Waals surface area contributed by atoms with Gasteiger partial charge >= 0.3 is 6.18 Å². The summed E-state index contributed by atoms with van der Waals surface area (Å²) < 4.78 is 46.5. The fourth-order valence-electron chi connectivity index (χ4n) is 3.59. The Balaban J connectivity index is 1.70. The molecule has 2 aromatic heterocycles. The van der Waals surface area contributed by atoms with Crippen molar-refractivity contribution in [3.05, 3.63) is 23.7 Å². The standard InChI is InChI=1S/C19H28F3N7O/c1-4-23-17-15(19(20,21)22)11-24-18(27-17)26-16-12-25-29(13(16)2)14-5-7-28(8-6-14)9-10-30-3/h11-12,14H,4-10H2,1-3H3,(H2,23,24,26,27). The van der Waals surface area contributed by atoms with Crippen molar-refractivity contribution < 1.29 is 17.9 Å². The molecule has 0 spiro atoms. The topological polar surface area (TPSA) is 80.1 Å². The summed E-state index contributed by atoms with van der Waals surface area (Å²) in [5.41, 5.74) is 0.695. The largest absolute Gasteiger partial charge is 0.421 e. The fraction of sp³-hybridized carbons (Fsp3) is 0.632. The van der Waals surface area contributed by atoms with Crippen molar-refractivity contribution >= 4 is 17.5 Å². The molecule has 30 heavy (non-hydrogen) atoms. The molecular formula is C19H28F3N7O. The van der Waals surface area contributed by atoms with Gasteiger partial charge in [0.15, 0.2) is 0 Å². The highest BCUT2D eigenvalue weighted by molar-refractivity contribution is 5.58. The smallest absolute Gasteiger partial charge is 0.383 e. The lowest BCUT2D eigenvalue weighted by Gasteiger charge is -2.32. The summed E-state index contributed by atoms with van der Waals surface area (Å²) in [5, 5.41) is 10.2. The Kier molecular flexibility index (Phi) is 7.14. The highest BCUT2D eigenvalue weighted by Crippen LogP contribution is 2.34. The van der Waals surface area contributed by atoms with Crippen molar-refractivity contribution in [1.29, 1.82) is 0 Å². The Morgan fingerprint density at radius 2 is 1.97 bits per heavy atom. The minimum absolute atomic E-state index is 0.0935. The average molecular weight is 427 g/mol. The van der Waals surface area contributed by atoms with E-state index >= 15 is 0 Å². The van der Waals surface area contributed by atoms with Crippen LogP contribution in [0.4, 0.5) is 30.6 Å². The molecule has 2 aromatic rings. The Morgan fingerprint density at radius 3 is 2.60 bits per heavy atom. The zero-order valence-corrected chi connectivity index (χ0v) is 17.5. The number of rotatable bonds is 8. The van der Waals surface area contributed by atoms with Gasteiger partial charge in [0.25, 0.3) is 0 Å². The van der Waals surface area contributed by atoms with Crippen LogP contribution in [0.5, 0.6) is 0 Å². The molecule has 0 amide bonds. The maximum Gasteiger partial charge on any atom is 0.421 e. The predicted molar refractivity (Wildman–Crippen MR) is 108 cm³/mol. The van der Waals surface area contributed by atoms with E-state index < -0.39 is 11.7 Å². The summed E-state index contributed by atoms with van der Waals surface area (Å²) in [7, 11) is 1.70. The van der Waals surface area contributed by atoms with Gasteiger partial charge in [-0.2, -0.15) is 23.3 Å². The number of alkyl halides is 3. The molecule has 0 aliphatic carbocycles. The van der Waals surface area contributed by atoms with E-state index in [0.717, 1.165) is 51.0 Å². The molecule has 0 radical (unpaired) electrons. The first-order valence-electron chi connectivity index (χ1n) is 10.0. The third kappa shape index (κ3) is 5.20. The SMILES string of the molecule is CCNc1nc(Nc2cnn(C3CCN(CCOC)CC3)c2C)ncc1C(F)(F)F. The first-order valence-corrected chi connectivity index (χ1v) is 10.0. The number of anilines is 3. The van der Waals surface area contributed by atoms with Crippen LogP contribution in [0.3, 0.4) is 0 Å². The summed E-state index contributed by atoms with van der Waals surface area (Å²) in [6, 6.07) is 0.283. The molecule has 2 N–H and O–H groups in total. The van der Waals surface area contributed by atoms with E-state index in [9.17, 15) is 13.2 Å². The zero-order valence-electron chi connectivity index (χ0n) is 17.5. The van der Waals surface area contributed by atoms with Crippen molar-refractivity contribution in [2.45, 2.75) is 38.9 Å². The van der Waals surface area contributed by atoms with Crippen molar-refractivity contribution in [3.8, 4) is 0 Å². The molecule has 3 rings (SSSR count). The first kappa shape index (κ1) is 22.3. The molecule has 0 saturated carbocycles. The van der Waals surface area contributed by atoms with Crippen LogP contribution in [0, 0.1) is 6.92 Å². The number of piperidine rings is 1. The summed E-state index contributed by atoms with van der Waals surface area (Å²) >= 11 is 0. The number of hydrogen-bond acceptors (Lipinski definition) is 7. The van der Waals surface area contributed by atoms with Crippen LogP contribution in [-0.2, 0) is 10.9 Å². The van der Waals surface area contributed by atoms with E-state index in [1.165, 1.54) is 0 Å². The highest BCUT2D eigenvalue weighted by Gasteiger charge is 2.35. The second-order valence-electron chi connectivity index (χ2n) is 7.26. The van der Waals surface area contributed by atoms with E-state index in [0.29, 0.717) is 12.2 Å². The van der Waals surface area contributed by atoms with E-state index in [1.807, 2.05) is 11.6 Å². The van der Waals surface area contributed by atoms with Crippen LogP contribution in [0.25, 0.3) is 0 Å². The molecular weight excluding hydrogens is 399 g/mol. The Bertz CT molecular complexity index is 832. The number of ether oxygens (including phenoxy) is 1. The summed E-state index contributed by atoms with van der Waals surface area (Å²) in [6.07, 6.45) is -0.0988. The van der Waals surface area contributed by atoms with E-state index in [2.05, 4.69) is 30.6 Å². The van der Waals surface area contributed by atoms with Gasteiger partial charge in [-0.1, -0.05) is 0 Å². The number of hydrogen-bond donors (Lipinski definition) is 2. The quantitative estimate of drug-likeness (QED) is 0.668. The summed E-state index contributed by atoms with van der Waals surface area (Å²) in [6.45, 7) is 7.56. The lowest BCUT2D eigenvalue weighted by atomic mass is 10.1. The van der Waals surface area contributed by atoms with Gasteiger partial charge in [0.05, 0.1) is 30.2 Å². The molecule has 1 aliphatic rings. The van der Waals surface area contributed by atoms with Crippen LogP contribution in [-0.4, -0.2) is 64.5 Å². The number of nitrogens with one attached hydrogen (secondary N) is 2. The van der Waals surface area contributed by atoms with Gasteiger partial charge < -0.3 is 20.3 Å². The number of methoxy groups -OCH3 is 1. The monoisotopic (exact) mass is 427 g/mol. The molecule has 0 unspecified atom stereocenters. The average Bonchev–Trinajstić information content (AvgIpc) is 3.06. The molecule has 166 valence electrons. The van der Waals surface area contributed by atoms with E-state index in [4.69, 9.17) is 4.74 Å². The van der Waals surface area contributed by atoms with Gasteiger partial charge in [-0.25, -0.2) is 4.98 Å². The van der Waals surface area contributed by atoms with E-state index in [-0.39, 0.29) is 17.8 Å².